The first kappa shape index (κ1) is 11.2. The molecular formula is C7H17N3O2. The van der Waals surface area contributed by atoms with Crippen LogP contribution in [0.2, 0.25) is 0 Å². The van der Waals surface area contributed by atoms with E-state index in [1.54, 1.807) is 7.11 Å². The molecule has 0 spiro atoms. The smallest absolute Gasteiger partial charge is 0.314 e. The summed E-state index contributed by atoms with van der Waals surface area (Å²) in [5.74, 6) is 0. The molecule has 5 heteroatoms. The molecule has 0 saturated carbocycles. The topological polar surface area (TPSA) is 81.6 Å². The van der Waals surface area contributed by atoms with Crippen LogP contribution in [-0.4, -0.2) is 44.3 Å². The van der Waals surface area contributed by atoms with Gasteiger partial charge in [-0.3, -0.25) is 0 Å². The van der Waals surface area contributed by atoms with Crippen LogP contribution in [0.4, 0.5) is 4.79 Å². The molecule has 0 aromatic rings. The second-order valence-electron chi connectivity index (χ2n) is 2.46. The Hall–Kier alpha value is -0.810. The summed E-state index contributed by atoms with van der Waals surface area (Å²) in [7, 11) is 1.59. The van der Waals surface area contributed by atoms with E-state index in [2.05, 4.69) is 0 Å². The van der Waals surface area contributed by atoms with E-state index < -0.39 is 6.03 Å². The lowest BCUT2D eigenvalue weighted by Gasteiger charge is -2.19. The number of methoxy groups -OCH3 is 1. The number of hydrogen-bond donors (Lipinski definition) is 2. The van der Waals surface area contributed by atoms with Gasteiger partial charge in [0.2, 0.25) is 0 Å². The SMILES string of the molecule is COCCN(CCCN)C(N)=O. The van der Waals surface area contributed by atoms with Crippen molar-refractivity contribution in [2.75, 3.05) is 33.4 Å². The number of hydrogen-bond acceptors (Lipinski definition) is 3. The van der Waals surface area contributed by atoms with Crippen molar-refractivity contribution in [3.05, 3.63) is 0 Å². The van der Waals surface area contributed by atoms with Gasteiger partial charge in [0, 0.05) is 20.2 Å². The molecular weight excluding hydrogens is 158 g/mol. The van der Waals surface area contributed by atoms with E-state index in [1.807, 2.05) is 0 Å². The number of carbonyl (C=O) groups is 1. The molecule has 72 valence electrons. The molecule has 0 saturated heterocycles. The van der Waals surface area contributed by atoms with Crippen LogP contribution in [0.5, 0.6) is 0 Å². The average Bonchev–Trinajstić information content (AvgIpc) is 2.04. The van der Waals surface area contributed by atoms with E-state index in [9.17, 15) is 4.79 Å². The quantitative estimate of drug-likeness (QED) is 0.563. The fourth-order valence-corrected chi connectivity index (χ4v) is 0.816. The second-order valence-corrected chi connectivity index (χ2v) is 2.46. The maximum Gasteiger partial charge on any atom is 0.314 e. The summed E-state index contributed by atoms with van der Waals surface area (Å²) in [6, 6.07) is -0.416. The van der Waals surface area contributed by atoms with Crippen molar-refractivity contribution in [1.29, 1.82) is 0 Å². The zero-order chi connectivity index (χ0) is 9.40. The number of ether oxygens (including phenoxy) is 1. The zero-order valence-electron chi connectivity index (χ0n) is 7.45. The van der Waals surface area contributed by atoms with Gasteiger partial charge in [-0.05, 0) is 13.0 Å². The summed E-state index contributed by atoms with van der Waals surface area (Å²) < 4.78 is 4.82. The number of amides is 2. The fraction of sp³-hybridized carbons (Fsp3) is 0.857. The van der Waals surface area contributed by atoms with Gasteiger partial charge in [0.15, 0.2) is 0 Å². The van der Waals surface area contributed by atoms with E-state index in [0.717, 1.165) is 6.42 Å². The summed E-state index contributed by atoms with van der Waals surface area (Å²) >= 11 is 0. The van der Waals surface area contributed by atoms with Crippen molar-refractivity contribution < 1.29 is 9.53 Å². The molecule has 0 heterocycles. The van der Waals surface area contributed by atoms with Crippen LogP contribution in [0.1, 0.15) is 6.42 Å². The predicted molar refractivity (Wildman–Crippen MR) is 46.7 cm³/mol. The first-order valence-electron chi connectivity index (χ1n) is 3.95. The molecule has 0 unspecified atom stereocenters. The fourth-order valence-electron chi connectivity index (χ4n) is 0.816. The molecule has 4 N–H and O–H groups in total. The lowest BCUT2D eigenvalue weighted by molar-refractivity contribution is 0.153. The second kappa shape index (κ2) is 6.87. The van der Waals surface area contributed by atoms with Crippen LogP contribution in [0.3, 0.4) is 0 Å². The standard InChI is InChI=1S/C7H17N3O2/c1-12-6-5-10(7(9)11)4-2-3-8/h2-6,8H2,1H3,(H2,9,11). The molecule has 0 aliphatic heterocycles. The van der Waals surface area contributed by atoms with E-state index in [4.69, 9.17) is 16.2 Å². The van der Waals surface area contributed by atoms with Crippen LogP contribution < -0.4 is 11.5 Å². The van der Waals surface area contributed by atoms with Crippen molar-refractivity contribution >= 4 is 6.03 Å². The molecule has 0 aromatic carbocycles. The number of primary amides is 1. The molecule has 0 radical (unpaired) electrons. The van der Waals surface area contributed by atoms with E-state index >= 15 is 0 Å². The minimum atomic E-state index is -0.416. The number of nitrogens with zero attached hydrogens (tertiary/aromatic N) is 1. The van der Waals surface area contributed by atoms with Crippen molar-refractivity contribution in [2.45, 2.75) is 6.42 Å². The number of nitrogens with two attached hydrogens (primary N) is 2. The van der Waals surface area contributed by atoms with Gasteiger partial charge in [0.05, 0.1) is 6.61 Å². The highest BCUT2D eigenvalue weighted by Crippen LogP contribution is 1.90. The summed E-state index contributed by atoms with van der Waals surface area (Å²) in [4.78, 5) is 12.3. The summed E-state index contributed by atoms with van der Waals surface area (Å²) in [6.45, 7) is 2.21. The van der Waals surface area contributed by atoms with Gasteiger partial charge in [-0.15, -0.1) is 0 Å². The van der Waals surface area contributed by atoms with Crippen LogP contribution >= 0.6 is 0 Å². The van der Waals surface area contributed by atoms with Crippen molar-refractivity contribution in [3.8, 4) is 0 Å². The Balaban J connectivity index is 3.62. The Labute approximate surface area is 72.6 Å². The highest BCUT2D eigenvalue weighted by Gasteiger charge is 2.07. The monoisotopic (exact) mass is 175 g/mol. The maximum atomic E-state index is 10.8. The van der Waals surface area contributed by atoms with Gasteiger partial charge in [-0.1, -0.05) is 0 Å². The molecule has 0 aromatic heterocycles. The van der Waals surface area contributed by atoms with Crippen LogP contribution in [-0.2, 0) is 4.74 Å². The summed E-state index contributed by atoms with van der Waals surface area (Å²) in [5.41, 5.74) is 10.4. The molecule has 2 amide bonds. The highest BCUT2D eigenvalue weighted by molar-refractivity contribution is 5.71. The van der Waals surface area contributed by atoms with Crippen molar-refractivity contribution in [3.63, 3.8) is 0 Å². The van der Waals surface area contributed by atoms with Crippen molar-refractivity contribution in [1.82, 2.24) is 4.90 Å². The third kappa shape index (κ3) is 4.92. The largest absolute Gasteiger partial charge is 0.383 e. The lowest BCUT2D eigenvalue weighted by atomic mass is 10.4. The zero-order valence-corrected chi connectivity index (χ0v) is 7.45. The lowest BCUT2D eigenvalue weighted by Crippen LogP contribution is -2.39. The molecule has 0 rings (SSSR count). The maximum absolute atomic E-state index is 10.8. The van der Waals surface area contributed by atoms with Crippen LogP contribution in [0.25, 0.3) is 0 Å². The van der Waals surface area contributed by atoms with Crippen molar-refractivity contribution in [2.24, 2.45) is 11.5 Å². The van der Waals surface area contributed by atoms with Gasteiger partial charge in [-0.2, -0.15) is 0 Å². The van der Waals surface area contributed by atoms with Gasteiger partial charge in [-0.25, -0.2) is 4.79 Å². The highest BCUT2D eigenvalue weighted by atomic mass is 16.5. The summed E-state index contributed by atoms with van der Waals surface area (Å²) in [6.07, 6.45) is 0.770. The molecule has 0 fully saturated rings. The van der Waals surface area contributed by atoms with E-state index in [-0.39, 0.29) is 0 Å². The Morgan fingerprint density at radius 1 is 1.50 bits per heavy atom. The van der Waals surface area contributed by atoms with Gasteiger partial charge in [0.25, 0.3) is 0 Å². The number of carbonyl (C=O) groups excluding carboxylic acids is 1. The normalized spacial score (nSPS) is 9.83. The van der Waals surface area contributed by atoms with E-state index in [1.165, 1.54) is 4.90 Å². The number of urea groups is 1. The Kier molecular flexibility index (Phi) is 6.41. The molecule has 5 nitrogen and oxygen atoms in total. The average molecular weight is 175 g/mol. The van der Waals surface area contributed by atoms with Gasteiger partial charge < -0.3 is 21.1 Å². The molecule has 12 heavy (non-hydrogen) atoms. The minimum Gasteiger partial charge on any atom is -0.383 e. The molecule has 0 bridgehead atoms. The van der Waals surface area contributed by atoms with Crippen LogP contribution in [0.15, 0.2) is 0 Å². The molecule has 0 aliphatic carbocycles. The molecule has 0 aliphatic rings. The third-order valence-corrected chi connectivity index (χ3v) is 1.51. The van der Waals surface area contributed by atoms with E-state index in [0.29, 0.717) is 26.2 Å². The summed E-state index contributed by atoms with van der Waals surface area (Å²) in [5, 5.41) is 0. The first-order chi connectivity index (χ1) is 5.72. The van der Waals surface area contributed by atoms with Gasteiger partial charge in [0.1, 0.15) is 0 Å². The predicted octanol–water partition coefficient (Wildman–Crippen LogP) is -0.638. The Morgan fingerprint density at radius 3 is 2.58 bits per heavy atom. The number of rotatable bonds is 6. The third-order valence-electron chi connectivity index (χ3n) is 1.51. The van der Waals surface area contributed by atoms with Gasteiger partial charge >= 0.3 is 6.03 Å². The first-order valence-corrected chi connectivity index (χ1v) is 3.95. The minimum absolute atomic E-state index is 0.416. The van der Waals surface area contributed by atoms with Crippen LogP contribution in [0, 0.1) is 0 Å². The molecule has 0 atom stereocenters. The Morgan fingerprint density at radius 2 is 2.17 bits per heavy atom. The Bertz CT molecular complexity index is 122.